The fourth-order valence-corrected chi connectivity index (χ4v) is 7.15. The zero-order valence-electron chi connectivity index (χ0n) is 26.2. The molecule has 0 unspecified atom stereocenters. The van der Waals surface area contributed by atoms with Crippen LogP contribution in [0.4, 0.5) is 0 Å². The van der Waals surface area contributed by atoms with Crippen molar-refractivity contribution >= 4 is 17.8 Å². The van der Waals surface area contributed by atoms with Crippen LogP contribution in [-0.2, 0) is 36.8 Å². The fraction of sp³-hybridized carbons (Fsp3) is 0.514. The van der Waals surface area contributed by atoms with Gasteiger partial charge in [0.1, 0.15) is 5.41 Å². The molecule has 1 saturated heterocycles. The maximum atomic E-state index is 14.3. The fourth-order valence-electron chi connectivity index (χ4n) is 7.15. The van der Waals surface area contributed by atoms with Gasteiger partial charge in [-0.25, -0.2) is 0 Å². The summed E-state index contributed by atoms with van der Waals surface area (Å²) in [4.78, 5) is 43.0. The van der Waals surface area contributed by atoms with Crippen molar-refractivity contribution in [3.63, 3.8) is 0 Å². The minimum atomic E-state index is -1.21. The molecule has 2 fully saturated rings. The molecule has 2 amide bonds. The van der Waals surface area contributed by atoms with Crippen molar-refractivity contribution in [1.82, 2.24) is 10.2 Å². The van der Waals surface area contributed by atoms with Gasteiger partial charge in [-0.2, -0.15) is 0 Å². The van der Waals surface area contributed by atoms with Crippen LogP contribution in [0.5, 0.6) is 11.5 Å². The predicted octanol–water partition coefficient (Wildman–Crippen LogP) is 4.82. The third kappa shape index (κ3) is 6.34. The number of rotatable bonds is 11. The number of ether oxygens (including phenoxy) is 4. The summed E-state index contributed by atoms with van der Waals surface area (Å²) in [5, 5.41) is 2.95. The molecular weight excluding hydrogens is 560 g/mol. The minimum absolute atomic E-state index is 0.0384. The van der Waals surface area contributed by atoms with Crippen molar-refractivity contribution in [2.24, 2.45) is 17.3 Å². The number of carbonyl (C=O) groups excluding carboxylic acids is 3. The highest BCUT2D eigenvalue weighted by atomic mass is 16.5. The van der Waals surface area contributed by atoms with Gasteiger partial charge in [-0.3, -0.25) is 14.4 Å². The molecule has 1 saturated carbocycles. The van der Waals surface area contributed by atoms with Gasteiger partial charge in [-0.05, 0) is 67.9 Å². The monoisotopic (exact) mass is 604 g/mol. The third-order valence-corrected chi connectivity index (χ3v) is 9.56. The molecule has 2 aromatic carbocycles. The SMILES string of the molecule is COC(=O)[C@]12C[C@H](CC(=O)NCc3ccccc3)C(=O)N(CCc3ccc(OC)c(OC)c3)C1=C[C@H](C1CCCC1)O[C@@H]2C. The molecule has 0 aromatic heterocycles. The second kappa shape index (κ2) is 13.8. The van der Waals surface area contributed by atoms with E-state index in [0.717, 1.165) is 36.8 Å². The average Bonchev–Trinajstić information content (AvgIpc) is 3.59. The van der Waals surface area contributed by atoms with Gasteiger partial charge in [0.25, 0.3) is 0 Å². The van der Waals surface area contributed by atoms with Crippen LogP contribution in [0.25, 0.3) is 0 Å². The molecule has 9 heteroatoms. The number of amides is 2. The van der Waals surface area contributed by atoms with Crippen LogP contribution in [0.2, 0.25) is 0 Å². The molecule has 4 atom stereocenters. The van der Waals surface area contributed by atoms with E-state index >= 15 is 0 Å². The van der Waals surface area contributed by atoms with Crippen molar-refractivity contribution in [3.8, 4) is 11.5 Å². The topological polar surface area (TPSA) is 103 Å². The molecule has 2 heterocycles. The maximum absolute atomic E-state index is 14.3. The lowest BCUT2D eigenvalue weighted by Crippen LogP contribution is -2.61. The third-order valence-electron chi connectivity index (χ3n) is 9.56. The maximum Gasteiger partial charge on any atom is 0.320 e. The lowest BCUT2D eigenvalue weighted by Gasteiger charge is -2.52. The number of hydrogen-bond acceptors (Lipinski definition) is 7. The van der Waals surface area contributed by atoms with E-state index in [1.807, 2.05) is 61.5 Å². The molecule has 44 heavy (non-hydrogen) atoms. The number of fused-ring (bicyclic) bond motifs is 1. The normalized spacial score (nSPS) is 25.2. The van der Waals surface area contributed by atoms with E-state index in [0.29, 0.717) is 42.6 Å². The van der Waals surface area contributed by atoms with Crippen molar-refractivity contribution < 1.29 is 33.3 Å². The standard InChI is InChI=1S/C35H44N2O7/c1-23-35(34(40)43-4)21-27(19-32(38)36-22-25-10-6-5-7-11-25)33(39)37(31(35)20-29(44-23)26-12-8-9-13-26)17-16-24-14-15-28(41-2)30(18-24)42-3/h5-7,10-11,14-15,18,20,23,26-27,29H,8-9,12-13,16-17,19,21-22H2,1-4H3,(H,36,38)/t23-,27+,29-,35+/m1/s1. The number of nitrogens with one attached hydrogen (secondary N) is 1. The van der Waals surface area contributed by atoms with E-state index in [4.69, 9.17) is 18.9 Å². The Balaban J connectivity index is 1.47. The highest BCUT2D eigenvalue weighted by molar-refractivity contribution is 5.92. The molecule has 1 aliphatic carbocycles. The van der Waals surface area contributed by atoms with Crippen LogP contribution in [0, 0.1) is 17.3 Å². The highest BCUT2D eigenvalue weighted by Crippen LogP contribution is 2.51. The Morgan fingerprint density at radius 3 is 2.41 bits per heavy atom. The van der Waals surface area contributed by atoms with Gasteiger partial charge in [0.15, 0.2) is 11.5 Å². The summed E-state index contributed by atoms with van der Waals surface area (Å²) in [6, 6.07) is 15.3. The molecule has 3 aliphatic rings. The van der Waals surface area contributed by atoms with Crippen molar-refractivity contribution in [2.45, 2.75) is 70.6 Å². The summed E-state index contributed by atoms with van der Waals surface area (Å²) in [5.74, 6) is -0.00656. The summed E-state index contributed by atoms with van der Waals surface area (Å²) in [5.41, 5.74) is 1.36. The van der Waals surface area contributed by atoms with Crippen molar-refractivity contribution in [1.29, 1.82) is 0 Å². The second-order valence-corrected chi connectivity index (χ2v) is 12.1. The second-order valence-electron chi connectivity index (χ2n) is 12.1. The molecular formula is C35H44N2O7. The van der Waals surface area contributed by atoms with E-state index in [2.05, 4.69) is 5.32 Å². The first-order valence-electron chi connectivity index (χ1n) is 15.6. The van der Waals surface area contributed by atoms with Crippen molar-refractivity contribution in [3.05, 3.63) is 71.4 Å². The zero-order valence-corrected chi connectivity index (χ0v) is 26.2. The molecule has 1 N–H and O–H groups in total. The van der Waals surface area contributed by atoms with E-state index in [1.165, 1.54) is 7.11 Å². The molecule has 5 rings (SSSR count). The predicted molar refractivity (Wildman–Crippen MR) is 165 cm³/mol. The van der Waals surface area contributed by atoms with Gasteiger partial charge in [0.05, 0.1) is 33.5 Å². The summed E-state index contributed by atoms with van der Waals surface area (Å²) < 4.78 is 22.9. The summed E-state index contributed by atoms with van der Waals surface area (Å²) in [6.07, 6.45) is 6.29. The van der Waals surface area contributed by atoms with E-state index in [9.17, 15) is 14.4 Å². The van der Waals surface area contributed by atoms with Gasteiger partial charge in [-0.15, -0.1) is 0 Å². The number of benzene rings is 2. The van der Waals surface area contributed by atoms with Crippen LogP contribution >= 0.6 is 0 Å². The Labute approximate surface area is 259 Å². The number of carbonyl (C=O) groups is 3. The van der Waals surface area contributed by atoms with E-state index in [1.54, 1.807) is 19.1 Å². The zero-order chi connectivity index (χ0) is 31.3. The van der Waals surface area contributed by atoms with Crippen LogP contribution in [0.3, 0.4) is 0 Å². The average molecular weight is 605 g/mol. The Bertz CT molecular complexity index is 1370. The van der Waals surface area contributed by atoms with Crippen LogP contribution in [0.1, 0.15) is 56.6 Å². The first-order valence-corrected chi connectivity index (χ1v) is 15.6. The molecule has 2 aromatic rings. The smallest absolute Gasteiger partial charge is 0.320 e. The van der Waals surface area contributed by atoms with E-state index in [-0.39, 0.29) is 30.8 Å². The lowest BCUT2D eigenvalue weighted by molar-refractivity contribution is -0.177. The van der Waals surface area contributed by atoms with Gasteiger partial charge >= 0.3 is 5.97 Å². The Morgan fingerprint density at radius 2 is 1.73 bits per heavy atom. The summed E-state index contributed by atoms with van der Waals surface area (Å²) >= 11 is 0. The first-order chi connectivity index (χ1) is 21.3. The van der Waals surface area contributed by atoms with E-state index < -0.39 is 23.4 Å². The van der Waals surface area contributed by atoms with Gasteiger partial charge < -0.3 is 29.2 Å². The summed E-state index contributed by atoms with van der Waals surface area (Å²) in [7, 11) is 4.55. The number of likely N-dealkylation sites (tertiary alicyclic amines) is 1. The number of nitrogens with zero attached hydrogens (tertiary/aromatic N) is 1. The minimum Gasteiger partial charge on any atom is -0.493 e. The molecule has 0 bridgehead atoms. The largest absolute Gasteiger partial charge is 0.493 e. The van der Waals surface area contributed by atoms with Gasteiger partial charge in [0.2, 0.25) is 11.8 Å². The Kier molecular flexibility index (Phi) is 9.93. The highest BCUT2D eigenvalue weighted by Gasteiger charge is 2.60. The van der Waals surface area contributed by atoms with Crippen LogP contribution in [-0.4, -0.2) is 62.8 Å². The molecule has 2 aliphatic heterocycles. The molecule has 9 nitrogen and oxygen atoms in total. The molecule has 0 spiro atoms. The number of methoxy groups -OCH3 is 3. The van der Waals surface area contributed by atoms with Crippen LogP contribution in [0.15, 0.2) is 60.3 Å². The van der Waals surface area contributed by atoms with Crippen LogP contribution < -0.4 is 14.8 Å². The van der Waals surface area contributed by atoms with Crippen molar-refractivity contribution in [2.75, 3.05) is 27.9 Å². The Hall–Kier alpha value is -3.85. The molecule has 0 radical (unpaired) electrons. The summed E-state index contributed by atoms with van der Waals surface area (Å²) in [6.45, 7) is 2.59. The van der Waals surface area contributed by atoms with Gasteiger partial charge in [0, 0.05) is 31.1 Å². The lowest BCUT2D eigenvalue weighted by atomic mass is 9.66. The number of piperidine rings is 1. The Morgan fingerprint density at radius 1 is 1.00 bits per heavy atom. The number of esters is 1. The quantitative estimate of drug-likeness (QED) is 0.367. The number of hydrogen-bond donors (Lipinski definition) is 1. The molecule has 236 valence electrons. The first kappa shape index (κ1) is 31.6. The van der Waals surface area contributed by atoms with Gasteiger partial charge in [-0.1, -0.05) is 49.2 Å².